The molecular weight excluding hydrogens is 362 g/mol. The van der Waals surface area contributed by atoms with E-state index in [0.29, 0.717) is 29.5 Å². The van der Waals surface area contributed by atoms with Gasteiger partial charge in [-0.15, -0.1) is 24.2 Å². The number of nitrogens with one attached hydrogen (secondary N) is 1. The third kappa shape index (κ3) is 6.49. The van der Waals surface area contributed by atoms with Crippen LogP contribution in [0.3, 0.4) is 0 Å². The molecule has 0 bridgehead atoms. The Bertz CT molecular complexity index is 591. The van der Waals surface area contributed by atoms with Crippen molar-refractivity contribution in [1.82, 2.24) is 10.2 Å². The van der Waals surface area contributed by atoms with Gasteiger partial charge in [-0.05, 0) is 43.2 Å². The number of hydrogen-bond acceptors (Lipinski definition) is 5. The largest absolute Gasteiger partial charge is 0.337 e. The maximum Gasteiger partial charge on any atom is 0.283 e. The Balaban J connectivity index is 0.00000312. The van der Waals surface area contributed by atoms with Crippen LogP contribution < -0.4 is 5.32 Å². The SMILES string of the molecule is CC(C)CCSc1ccc(C(=O)N2CCCNCC2)cc1[N+](=O)[O-].Cl. The molecule has 1 aromatic rings. The zero-order chi connectivity index (χ0) is 17.5. The molecule has 1 amide bonds. The lowest BCUT2D eigenvalue weighted by Crippen LogP contribution is -2.34. The fraction of sp³-hybridized carbons (Fsp3) is 0.588. The molecule has 1 aromatic carbocycles. The van der Waals surface area contributed by atoms with Gasteiger partial charge in [-0.2, -0.15) is 0 Å². The normalized spacial score (nSPS) is 14.8. The molecule has 0 unspecified atom stereocenters. The lowest BCUT2D eigenvalue weighted by Gasteiger charge is -2.20. The van der Waals surface area contributed by atoms with E-state index in [1.807, 2.05) is 0 Å². The maximum atomic E-state index is 12.6. The third-order valence-electron chi connectivity index (χ3n) is 3.98. The molecule has 1 fully saturated rings. The molecule has 8 heteroatoms. The summed E-state index contributed by atoms with van der Waals surface area (Å²) in [7, 11) is 0. The number of carbonyl (C=O) groups excluding carboxylic acids is 1. The number of hydrogen-bond donors (Lipinski definition) is 1. The molecule has 1 heterocycles. The summed E-state index contributed by atoms with van der Waals surface area (Å²) >= 11 is 1.49. The first-order chi connectivity index (χ1) is 11.5. The van der Waals surface area contributed by atoms with Crippen molar-refractivity contribution >= 4 is 35.8 Å². The summed E-state index contributed by atoms with van der Waals surface area (Å²) in [6.45, 7) is 7.24. The number of nitro groups is 1. The number of carbonyl (C=O) groups is 1. The van der Waals surface area contributed by atoms with E-state index in [1.165, 1.54) is 17.8 Å². The average molecular weight is 388 g/mol. The summed E-state index contributed by atoms with van der Waals surface area (Å²) in [5, 5.41) is 14.6. The molecular formula is C17H26ClN3O3S. The van der Waals surface area contributed by atoms with Gasteiger partial charge in [-0.3, -0.25) is 14.9 Å². The predicted molar refractivity (Wildman–Crippen MR) is 104 cm³/mol. The first-order valence-corrected chi connectivity index (χ1v) is 9.39. The minimum atomic E-state index is -0.390. The number of thioether (sulfide) groups is 1. The quantitative estimate of drug-likeness (QED) is 0.458. The van der Waals surface area contributed by atoms with E-state index in [9.17, 15) is 14.9 Å². The van der Waals surface area contributed by atoms with Gasteiger partial charge in [0.25, 0.3) is 11.6 Å². The van der Waals surface area contributed by atoms with Crippen molar-refractivity contribution in [2.45, 2.75) is 31.6 Å². The van der Waals surface area contributed by atoms with Crippen molar-refractivity contribution in [2.24, 2.45) is 5.92 Å². The number of nitro benzene ring substituents is 1. The number of rotatable bonds is 6. The summed E-state index contributed by atoms with van der Waals surface area (Å²) in [5.74, 6) is 1.28. The van der Waals surface area contributed by atoms with E-state index in [4.69, 9.17) is 0 Å². The molecule has 0 radical (unpaired) electrons. The van der Waals surface area contributed by atoms with E-state index < -0.39 is 4.92 Å². The van der Waals surface area contributed by atoms with Gasteiger partial charge in [0, 0.05) is 31.3 Å². The Morgan fingerprint density at radius 3 is 2.80 bits per heavy atom. The van der Waals surface area contributed by atoms with Gasteiger partial charge in [0.1, 0.15) is 0 Å². The van der Waals surface area contributed by atoms with Gasteiger partial charge < -0.3 is 10.2 Å². The van der Waals surface area contributed by atoms with Crippen molar-refractivity contribution in [3.05, 3.63) is 33.9 Å². The highest BCUT2D eigenvalue weighted by Crippen LogP contribution is 2.31. The topological polar surface area (TPSA) is 75.5 Å². The predicted octanol–water partition coefficient (Wildman–Crippen LogP) is 3.59. The van der Waals surface area contributed by atoms with E-state index in [0.717, 1.165) is 31.7 Å². The van der Waals surface area contributed by atoms with Crippen LogP contribution in [-0.4, -0.2) is 47.7 Å². The van der Waals surface area contributed by atoms with Crippen LogP contribution in [0.4, 0.5) is 5.69 Å². The Morgan fingerprint density at radius 1 is 1.36 bits per heavy atom. The number of benzene rings is 1. The summed E-state index contributed by atoms with van der Waals surface area (Å²) in [6, 6.07) is 4.86. The summed E-state index contributed by atoms with van der Waals surface area (Å²) in [5.41, 5.74) is 0.430. The molecule has 0 aliphatic carbocycles. The zero-order valence-electron chi connectivity index (χ0n) is 14.7. The summed E-state index contributed by atoms with van der Waals surface area (Å²) in [6.07, 6.45) is 1.90. The lowest BCUT2D eigenvalue weighted by atomic mass is 10.1. The highest BCUT2D eigenvalue weighted by molar-refractivity contribution is 7.99. The first-order valence-electron chi connectivity index (χ1n) is 8.40. The molecule has 1 aliphatic heterocycles. The molecule has 1 saturated heterocycles. The smallest absolute Gasteiger partial charge is 0.283 e. The minimum absolute atomic E-state index is 0. The van der Waals surface area contributed by atoms with Gasteiger partial charge in [0.05, 0.1) is 9.82 Å². The Morgan fingerprint density at radius 2 is 2.12 bits per heavy atom. The molecule has 0 saturated carbocycles. The van der Waals surface area contributed by atoms with Crippen LogP contribution >= 0.6 is 24.2 Å². The Kier molecular flexibility index (Phi) is 9.24. The van der Waals surface area contributed by atoms with Crippen molar-refractivity contribution in [3.8, 4) is 0 Å². The van der Waals surface area contributed by atoms with Crippen LogP contribution in [0.15, 0.2) is 23.1 Å². The van der Waals surface area contributed by atoms with Gasteiger partial charge in [0.15, 0.2) is 0 Å². The molecule has 2 rings (SSSR count). The van der Waals surface area contributed by atoms with Crippen LogP contribution in [-0.2, 0) is 0 Å². The van der Waals surface area contributed by atoms with Gasteiger partial charge in [0.2, 0.25) is 0 Å². The second-order valence-corrected chi connectivity index (χ2v) is 7.50. The molecule has 0 atom stereocenters. The summed E-state index contributed by atoms with van der Waals surface area (Å²) < 4.78 is 0. The second kappa shape index (κ2) is 10.6. The molecule has 6 nitrogen and oxygen atoms in total. The van der Waals surface area contributed by atoms with E-state index in [1.54, 1.807) is 17.0 Å². The molecule has 25 heavy (non-hydrogen) atoms. The van der Waals surface area contributed by atoms with Gasteiger partial charge in [-0.1, -0.05) is 13.8 Å². The fourth-order valence-electron chi connectivity index (χ4n) is 2.55. The molecule has 1 aliphatic rings. The zero-order valence-corrected chi connectivity index (χ0v) is 16.3. The number of nitrogens with zero attached hydrogens (tertiary/aromatic N) is 2. The maximum absolute atomic E-state index is 12.6. The van der Waals surface area contributed by atoms with Crippen LogP contribution in [0.1, 0.15) is 37.0 Å². The van der Waals surface area contributed by atoms with Crippen molar-refractivity contribution in [2.75, 3.05) is 31.9 Å². The highest BCUT2D eigenvalue weighted by Gasteiger charge is 2.22. The van der Waals surface area contributed by atoms with Crippen LogP contribution in [0, 0.1) is 16.0 Å². The van der Waals surface area contributed by atoms with Crippen LogP contribution in [0.2, 0.25) is 0 Å². The molecule has 0 aromatic heterocycles. The molecule has 0 spiro atoms. The number of amides is 1. The van der Waals surface area contributed by atoms with Crippen molar-refractivity contribution in [3.63, 3.8) is 0 Å². The van der Waals surface area contributed by atoms with Gasteiger partial charge >= 0.3 is 0 Å². The minimum Gasteiger partial charge on any atom is -0.337 e. The monoisotopic (exact) mass is 387 g/mol. The van der Waals surface area contributed by atoms with E-state index in [-0.39, 0.29) is 24.0 Å². The summed E-state index contributed by atoms with van der Waals surface area (Å²) in [4.78, 5) is 26.0. The third-order valence-corrected chi connectivity index (χ3v) is 5.08. The van der Waals surface area contributed by atoms with E-state index in [2.05, 4.69) is 19.2 Å². The van der Waals surface area contributed by atoms with E-state index >= 15 is 0 Å². The fourth-order valence-corrected chi connectivity index (χ4v) is 3.81. The van der Waals surface area contributed by atoms with Crippen molar-refractivity contribution in [1.29, 1.82) is 0 Å². The number of halogens is 1. The molecule has 1 N–H and O–H groups in total. The van der Waals surface area contributed by atoms with Gasteiger partial charge in [-0.25, -0.2) is 0 Å². The standard InChI is InChI=1S/C17H25N3O3S.ClH/c1-13(2)6-11-24-16-5-4-14(12-15(16)20(22)23)17(21)19-9-3-7-18-8-10-19;/h4-5,12-13,18H,3,6-11H2,1-2H3;1H. The Hall–Kier alpha value is -1.31. The second-order valence-electron chi connectivity index (χ2n) is 6.37. The van der Waals surface area contributed by atoms with Crippen LogP contribution in [0.5, 0.6) is 0 Å². The van der Waals surface area contributed by atoms with Crippen molar-refractivity contribution < 1.29 is 9.72 Å². The highest BCUT2D eigenvalue weighted by atomic mass is 35.5. The average Bonchev–Trinajstić information content (AvgIpc) is 2.83. The Labute approximate surface area is 159 Å². The lowest BCUT2D eigenvalue weighted by molar-refractivity contribution is -0.387. The molecule has 140 valence electrons. The first kappa shape index (κ1) is 21.7. The van der Waals surface area contributed by atoms with Crippen LogP contribution in [0.25, 0.3) is 0 Å².